The van der Waals surface area contributed by atoms with Gasteiger partial charge in [-0.2, -0.15) is 0 Å². The van der Waals surface area contributed by atoms with Crippen LogP contribution in [0.5, 0.6) is 0 Å². The molecule has 280 valence electrons. The number of hydrogen-bond donors (Lipinski definition) is 0. The zero-order chi connectivity index (χ0) is 39.6. The molecule has 0 aliphatic heterocycles. The van der Waals surface area contributed by atoms with Crippen molar-refractivity contribution < 1.29 is 0 Å². The predicted octanol–water partition coefficient (Wildman–Crippen LogP) is 16.7. The summed E-state index contributed by atoms with van der Waals surface area (Å²) in [6.07, 6.45) is 0. The Kier molecular flexibility index (Phi) is 7.89. The van der Waals surface area contributed by atoms with Crippen LogP contribution in [0.4, 0.5) is 34.1 Å². The lowest BCUT2D eigenvalue weighted by Crippen LogP contribution is -2.10. The fourth-order valence-electron chi connectivity index (χ4n) is 9.90. The molecule has 2 nitrogen and oxygen atoms in total. The lowest BCUT2D eigenvalue weighted by molar-refractivity contribution is 1.30. The summed E-state index contributed by atoms with van der Waals surface area (Å²) in [5.74, 6) is 0. The molecular weight excluding hydrogens is 725 g/mol. The van der Waals surface area contributed by atoms with E-state index >= 15 is 0 Å². The summed E-state index contributed by atoms with van der Waals surface area (Å²) in [4.78, 5) is 4.77. The lowest BCUT2D eigenvalue weighted by Gasteiger charge is -2.28. The fraction of sp³-hybridized carbons (Fsp3) is 0. The van der Waals surface area contributed by atoms with Gasteiger partial charge >= 0.3 is 0 Å². The maximum atomic E-state index is 2.39. The third-order valence-corrected chi connectivity index (χ3v) is 12.3. The molecular formula is C58H38N2. The molecule has 12 aromatic rings. The van der Waals surface area contributed by atoms with E-state index in [0.717, 1.165) is 34.1 Å². The first-order chi connectivity index (χ1) is 29.8. The van der Waals surface area contributed by atoms with Gasteiger partial charge in [-0.3, -0.25) is 0 Å². The van der Waals surface area contributed by atoms with Crippen molar-refractivity contribution in [3.63, 3.8) is 0 Å². The van der Waals surface area contributed by atoms with Crippen LogP contribution in [0.15, 0.2) is 231 Å². The van der Waals surface area contributed by atoms with Crippen LogP contribution in [-0.4, -0.2) is 0 Å². The highest BCUT2D eigenvalue weighted by Gasteiger charge is 2.24. The molecule has 0 aliphatic carbocycles. The molecule has 0 fully saturated rings. The van der Waals surface area contributed by atoms with Crippen LogP contribution in [0.1, 0.15) is 0 Å². The van der Waals surface area contributed by atoms with Crippen LogP contribution >= 0.6 is 0 Å². The number of hydrogen-bond acceptors (Lipinski definition) is 2. The average molecular weight is 763 g/mol. The summed E-state index contributed by atoms with van der Waals surface area (Å²) in [6, 6.07) is 84.1. The van der Waals surface area contributed by atoms with Crippen molar-refractivity contribution in [1.82, 2.24) is 0 Å². The van der Waals surface area contributed by atoms with Gasteiger partial charge in [0.1, 0.15) is 0 Å². The van der Waals surface area contributed by atoms with Gasteiger partial charge < -0.3 is 9.80 Å². The second-order valence-electron chi connectivity index (χ2n) is 15.6. The maximum Gasteiger partial charge on any atom is 0.0540 e. The minimum atomic E-state index is 1.13. The van der Waals surface area contributed by atoms with Crippen LogP contribution in [0.3, 0.4) is 0 Å². The van der Waals surface area contributed by atoms with Gasteiger partial charge in [-0.05, 0) is 126 Å². The third-order valence-electron chi connectivity index (χ3n) is 12.3. The molecule has 0 bridgehead atoms. The first-order valence-electron chi connectivity index (χ1n) is 20.7. The second-order valence-corrected chi connectivity index (χ2v) is 15.6. The van der Waals surface area contributed by atoms with Crippen LogP contribution in [0.25, 0.3) is 75.8 Å². The molecule has 0 N–H and O–H groups in total. The molecule has 0 unspecified atom stereocenters. The van der Waals surface area contributed by atoms with Crippen LogP contribution in [0, 0.1) is 0 Å². The Morgan fingerprint density at radius 2 is 0.567 bits per heavy atom. The smallest absolute Gasteiger partial charge is 0.0540 e. The van der Waals surface area contributed by atoms with Crippen molar-refractivity contribution in [2.45, 2.75) is 0 Å². The molecule has 2 heteroatoms. The van der Waals surface area contributed by atoms with E-state index < -0.39 is 0 Å². The highest BCUT2D eigenvalue weighted by Crippen LogP contribution is 2.52. The molecule has 12 aromatic carbocycles. The summed E-state index contributed by atoms with van der Waals surface area (Å²) in [5, 5.41) is 15.2. The summed E-state index contributed by atoms with van der Waals surface area (Å²) in [7, 11) is 0. The van der Waals surface area contributed by atoms with Gasteiger partial charge in [0.15, 0.2) is 0 Å². The van der Waals surface area contributed by atoms with Gasteiger partial charge in [-0.1, -0.05) is 170 Å². The van der Waals surface area contributed by atoms with E-state index in [0.29, 0.717) is 0 Å². The predicted molar refractivity (Wildman–Crippen MR) is 257 cm³/mol. The van der Waals surface area contributed by atoms with E-state index in [9.17, 15) is 0 Å². The molecule has 0 saturated heterocycles. The van der Waals surface area contributed by atoms with Crippen molar-refractivity contribution >= 4 is 98.8 Å². The van der Waals surface area contributed by atoms with E-state index in [1.165, 1.54) is 75.8 Å². The van der Waals surface area contributed by atoms with Crippen molar-refractivity contribution in [2.24, 2.45) is 0 Å². The number of anilines is 6. The first kappa shape index (κ1) is 34.1. The molecule has 0 heterocycles. The van der Waals surface area contributed by atoms with Crippen LogP contribution in [-0.2, 0) is 0 Å². The zero-order valence-corrected chi connectivity index (χ0v) is 32.8. The fourth-order valence-corrected chi connectivity index (χ4v) is 9.90. The Hall–Kier alpha value is -7.94. The van der Waals surface area contributed by atoms with Crippen LogP contribution in [0.2, 0.25) is 0 Å². The Bertz CT molecular complexity index is 3450. The summed E-state index contributed by atoms with van der Waals surface area (Å²) in [5.41, 5.74) is 9.33. The Balaban J connectivity index is 1.15. The molecule has 0 amide bonds. The molecule has 0 atom stereocenters. The third kappa shape index (κ3) is 5.21. The Labute approximate surface area is 348 Å². The average Bonchev–Trinajstić information content (AvgIpc) is 3.32. The lowest BCUT2D eigenvalue weighted by atomic mass is 9.82. The standard InChI is InChI=1S/C58H38N2/c1-5-19-39(20-6-1)59(40-21-7-2-8-22-40)53-37-35-49(43-27-13-14-28-44(43)53)55-45-29-15-16-30-47(45)58-52-36-38-54(60(41-23-9-3-10-24-41)42-25-11-4-12-26-42)50-33-17-31-46(56(50)52)48-32-18-34-51(55)57(48)58/h1-38H. The van der Waals surface area contributed by atoms with Gasteiger partial charge in [0.25, 0.3) is 0 Å². The van der Waals surface area contributed by atoms with E-state index in [4.69, 9.17) is 0 Å². The molecule has 0 spiro atoms. The number of fused-ring (bicyclic) bond motifs is 5. The zero-order valence-electron chi connectivity index (χ0n) is 32.8. The highest BCUT2D eigenvalue weighted by molar-refractivity contribution is 6.41. The quantitative estimate of drug-likeness (QED) is 0.118. The summed E-state index contributed by atoms with van der Waals surface area (Å²) >= 11 is 0. The van der Waals surface area contributed by atoms with E-state index in [1.807, 2.05) is 0 Å². The SMILES string of the molecule is c1ccc(N(c2ccccc2)c2ccc(-c3c4ccccc4c4c5ccc(N(c6ccccc6)c6ccccc6)c6cccc(c7cccc3c74)c65)c3ccccc23)cc1. The molecule has 0 radical (unpaired) electrons. The Morgan fingerprint density at radius 3 is 1.13 bits per heavy atom. The molecule has 0 aromatic heterocycles. The topological polar surface area (TPSA) is 6.48 Å². The second kappa shape index (κ2) is 13.9. The summed E-state index contributed by atoms with van der Waals surface area (Å²) in [6.45, 7) is 0. The first-order valence-corrected chi connectivity index (χ1v) is 20.7. The van der Waals surface area contributed by atoms with Crippen molar-refractivity contribution in [2.75, 3.05) is 9.80 Å². The number of para-hydroxylation sites is 4. The molecule has 60 heavy (non-hydrogen) atoms. The van der Waals surface area contributed by atoms with Gasteiger partial charge in [-0.15, -0.1) is 0 Å². The van der Waals surface area contributed by atoms with E-state index in [-0.39, 0.29) is 0 Å². The van der Waals surface area contributed by atoms with Crippen LogP contribution < -0.4 is 9.80 Å². The molecule has 0 saturated carbocycles. The van der Waals surface area contributed by atoms with Gasteiger partial charge in [-0.25, -0.2) is 0 Å². The van der Waals surface area contributed by atoms with Crippen molar-refractivity contribution in [1.29, 1.82) is 0 Å². The van der Waals surface area contributed by atoms with Crippen molar-refractivity contribution in [3.05, 3.63) is 231 Å². The Morgan fingerprint density at radius 1 is 0.200 bits per heavy atom. The normalized spacial score (nSPS) is 11.7. The van der Waals surface area contributed by atoms with Gasteiger partial charge in [0.2, 0.25) is 0 Å². The maximum absolute atomic E-state index is 2.39. The van der Waals surface area contributed by atoms with Gasteiger partial charge in [0.05, 0.1) is 11.4 Å². The number of rotatable bonds is 7. The van der Waals surface area contributed by atoms with Crippen molar-refractivity contribution in [3.8, 4) is 11.1 Å². The monoisotopic (exact) mass is 762 g/mol. The number of nitrogens with zero attached hydrogens (tertiary/aromatic N) is 2. The van der Waals surface area contributed by atoms with Gasteiger partial charge in [0, 0.05) is 33.5 Å². The minimum Gasteiger partial charge on any atom is -0.310 e. The molecule has 0 aliphatic rings. The molecule has 12 rings (SSSR count). The number of benzene rings is 12. The van der Waals surface area contributed by atoms with E-state index in [1.54, 1.807) is 0 Å². The highest BCUT2D eigenvalue weighted by atomic mass is 15.1. The van der Waals surface area contributed by atoms with E-state index in [2.05, 4.69) is 240 Å². The summed E-state index contributed by atoms with van der Waals surface area (Å²) < 4.78 is 0. The minimum absolute atomic E-state index is 1.13. The largest absolute Gasteiger partial charge is 0.310 e.